The van der Waals surface area contributed by atoms with Crippen molar-refractivity contribution in [1.29, 1.82) is 0 Å². The average molecular weight is 222 g/mol. The van der Waals surface area contributed by atoms with Crippen LogP contribution in [0, 0.1) is 0 Å². The van der Waals surface area contributed by atoms with Gasteiger partial charge in [-0.1, -0.05) is 6.92 Å². The van der Waals surface area contributed by atoms with Gasteiger partial charge in [0.15, 0.2) is 0 Å². The summed E-state index contributed by atoms with van der Waals surface area (Å²) in [6.07, 6.45) is 6.60. The minimum Gasteiger partial charge on any atom is -0.396 e. The fourth-order valence-electron chi connectivity index (χ4n) is 1.87. The molecule has 0 bridgehead atoms. The number of aliphatic hydroxyl groups excluding tert-OH is 1. The number of pyridine rings is 1. The fraction of sp³-hybridized carbons (Fsp3) is 0.615. The van der Waals surface area contributed by atoms with Gasteiger partial charge in [-0.25, -0.2) is 0 Å². The molecule has 0 aliphatic carbocycles. The monoisotopic (exact) mass is 222 g/mol. The second-order valence-corrected chi connectivity index (χ2v) is 4.17. The smallest absolute Gasteiger partial charge is 0.0431 e. The van der Waals surface area contributed by atoms with Gasteiger partial charge < -0.3 is 10.4 Å². The van der Waals surface area contributed by atoms with E-state index in [0.717, 1.165) is 19.3 Å². The lowest BCUT2D eigenvalue weighted by Gasteiger charge is -2.22. The highest BCUT2D eigenvalue weighted by molar-refractivity contribution is 5.14. The van der Waals surface area contributed by atoms with E-state index in [-0.39, 0.29) is 6.61 Å². The van der Waals surface area contributed by atoms with Gasteiger partial charge in [0.05, 0.1) is 0 Å². The first kappa shape index (κ1) is 13.1. The van der Waals surface area contributed by atoms with Crippen molar-refractivity contribution < 1.29 is 5.11 Å². The standard InChI is InChI=1S/C13H22N2O/c1-3-13(12-6-8-14-9-7-12)15-11(2)5-4-10-16/h6-9,11,13,15-16H,3-5,10H2,1-2H3. The normalized spacial score (nSPS) is 14.7. The molecule has 2 N–H and O–H groups in total. The molecule has 0 spiro atoms. The molecule has 2 unspecified atom stereocenters. The fourth-order valence-corrected chi connectivity index (χ4v) is 1.87. The predicted octanol–water partition coefficient (Wildman–Crippen LogP) is 2.28. The minimum absolute atomic E-state index is 0.276. The molecule has 3 heteroatoms. The molecule has 1 aromatic heterocycles. The first-order valence-corrected chi connectivity index (χ1v) is 6.04. The first-order valence-electron chi connectivity index (χ1n) is 6.04. The molecule has 1 aromatic rings. The highest BCUT2D eigenvalue weighted by Gasteiger charge is 2.11. The predicted molar refractivity (Wildman–Crippen MR) is 66.2 cm³/mol. The van der Waals surface area contributed by atoms with E-state index in [1.165, 1.54) is 5.56 Å². The van der Waals surface area contributed by atoms with Crippen molar-refractivity contribution in [2.75, 3.05) is 6.61 Å². The maximum absolute atomic E-state index is 8.79. The van der Waals surface area contributed by atoms with Crippen LogP contribution in [0.2, 0.25) is 0 Å². The molecule has 1 rings (SSSR count). The van der Waals surface area contributed by atoms with E-state index in [0.29, 0.717) is 12.1 Å². The third-order valence-corrected chi connectivity index (χ3v) is 2.80. The second kappa shape index (κ2) is 7.36. The third-order valence-electron chi connectivity index (χ3n) is 2.80. The van der Waals surface area contributed by atoms with Crippen molar-refractivity contribution in [2.45, 2.75) is 45.2 Å². The summed E-state index contributed by atoms with van der Waals surface area (Å²) in [5, 5.41) is 12.4. The zero-order valence-corrected chi connectivity index (χ0v) is 10.2. The summed E-state index contributed by atoms with van der Waals surface area (Å²) >= 11 is 0. The van der Waals surface area contributed by atoms with Crippen LogP contribution < -0.4 is 5.32 Å². The van der Waals surface area contributed by atoms with Crippen LogP contribution in [0.5, 0.6) is 0 Å². The zero-order chi connectivity index (χ0) is 11.8. The van der Waals surface area contributed by atoms with Gasteiger partial charge in [-0.3, -0.25) is 4.98 Å². The molecule has 0 saturated heterocycles. The lowest BCUT2D eigenvalue weighted by molar-refractivity contribution is 0.273. The molecule has 3 nitrogen and oxygen atoms in total. The SMILES string of the molecule is CCC(NC(C)CCCO)c1ccncc1. The number of nitrogens with one attached hydrogen (secondary N) is 1. The molecule has 0 aliphatic rings. The van der Waals surface area contributed by atoms with Gasteiger partial charge in [-0.15, -0.1) is 0 Å². The van der Waals surface area contributed by atoms with E-state index < -0.39 is 0 Å². The Hall–Kier alpha value is -0.930. The Labute approximate surface area is 97.9 Å². The molecule has 1 heterocycles. The number of hydrogen-bond acceptors (Lipinski definition) is 3. The van der Waals surface area contributed by atoms with Crippen molar-refractivity contribution in [3.05, 3.63) is 30.1 Å². The van der Waals surface area contributed by atoms with Gasteiger partial charge in [-0.05, 0) is 43.9 Å². The topological polar surface area (TPSA) is 45.1 Å². The molecule has 0 saturated carbocycles. The Bertz CT molecular complexity index is 277. The molecule has 16 heavy (non-hydrogen) atoms. The largest absolute Gasteiger partial charge is 0.396 e. The van der Waals surface area contributed by atoms with E-state index >= 15 is 0 Å². The molecule has 0 radical (unpaired) electrons. The van der Waals surface area contributed by atoms with Crippen LogP contribution in [-0.2, 0) is 0 Å². The van der Waals surface area contributed by atoms with Crippen molar-refractivity contribution >= 4 is 0 Å². The lowest BCUT2D eigenvalue weighted by atomic mass is 10.0. The number of nitrogens with zero attached hydrogens (tertiary/aromatic N) is 1. The summed E-state index contributed by atoms with van der Waals surface area (Å²) in [6.45, 7) is 4.62. The van der Waals surface area contributed by atoms with Crippen molar-refractivity contribution in [3.63, 3.8) is 0 Å². The van der Waals surface area contributed by atoms with Gasteiger partial charge in [-0.2, -0.15) is 0 Å². The molecule has 0 aliphatic heterocycles. The summed E-state index contributed by atoms with van der Waals surface area (Å²) in [7, 11) is 0. The average Bonchev–Trinajstić information content (AvgIpc) is 2.34. The molecule has 0 fully saturated rings. The highest BCUT2D eigenvalue weighted by atomic mass is 16.2. The number of rotatable bonds is 7. The minimum atomic E-state index is 0.276. The Morgan fingerprint density at radius 2 is 2.06 bits per heavy atom. The van der Waals surface area contributed by atoms with E-state index in [1.807, 2.05) is 12.4 Å². The van der Waals surface area contributed by atoms with E-state index in [2.05, 4.69) is 36.3 Å². The molecule has 0 aromatic carbocycles. The van der Waals surface area contributed by atoms with Crippen LogP contribution >= 0.6 is 0 Å². The number of hydrogen-bond donors (Lipinski definition) is 2. The number of aliphatic hydroxyl groups is 1. The van der Waals surface area contributed by atoms with Crippen LogP contribution in [0.3, 0.4) is 0 Å². The zero-order valence-electron chi connectivity index (χ0n) is 10.2. The third kappa shape index (κ3) is 4.29. The molecule has 2 atom stereocenters. The summed E-state index contributed by atoms with van der Waals surface area (Å²) < 4.78 is 0. The maximum Gasteiger partial charge on any atom is 0.0431 e. The lowest BCUT2D eigenvalue weighted by Crippen LogP contribution is -2.30. The summed E-state index contributed by atoms with van der Waals surface area (Å²) in [4.78, 5) is 4.03. The van der Waals surface area contributed by atoms with Crippen LogP contribution in [0.1, 0.15) is 44.7 Å². The summed E-state index contributed by atoms with van der Waals surface area (Å²) in [5.41, 5.74) is 1.29. The number of aromatic nitrogens is 1. The van der Waals surface area contributed by atoms with Gasteiger partial charge >= 0.3 is 0 Å². The molecular formula is C13H22N2O. The van der Waals surface area contributed by atoms with E-state index in [9.17, 15) is 0 Å². The van der Waals surface area contributed by atoms with Crippen molar-refractivity contribution in [3.8, 4) is 0 Å². The van der Waals surface area contributed by atoms with Crippen molar-refractivity contribution in [2.24, 2.45) is 0 Å². The first-order chi connectivity index (χ1) is 7.77. The summed E-state index contributed by atoms with van der Waals surface area (Å²) in [6, 6.07) is 4.93. The van der Waals surface area contributed by atoms with Crippen LogP contribution in [0.4, 0.5) is 0 Å². The summed E-state index contributed by atoms with van der Waals surface area (Å²) in [5.74, 6) is 0. The molecule has 90 valence electrons. The van der Waals surface area contributed by atoms with Gasteiger partial charge in [0.25, 0.3) is 0 Å². The maximum atomic E-state index is 8.79. The highest BCUT2D eigenvalue weighted by Crippen LogP contribution is 2.16. The quantitative estimate of drug-likeness (QED) is 0.744. The van der Waals surface area contributed by atoms with E-state index in [1.54, 1.807) is 0 Å². The van der Waals surface area contributed by atoms with Gasteiger partial charge in [0.1, 0.15) is 0 Å². The van der Waals surface area contributed by atoms with Crippen LogP contribution in [-0.4, -0.2) is 22.7 Å². The van der Waals surface area contributed by atoms with E-state index in [4.69, 9.17) is 5.11 Å². The molecule has 0 amide bonds. The Balaban J connectivity index is 2.49. The van der Waals surface area contributed by atoms with Crippen LogP contribution in [0.15, 0.2) is 24.5 Å². The van der Waals surface area contributed by atoms with Gasteiger partial charge in [0.2, 0.25) is 0 Å². The molecular weight excluding hydrogens is 200 g/mol. The van der Waals surface area contributed by atoms with Crippen LogP contribution in [0.25, 0.3) is 0 Å². The Morgan fingerprint density at radius 3 is 2.62 bits per heavy atom. The Morgan fingerprint density at radius 1 is 1.38 bits per heavy atom. The second-order valence-electron chi connectivity index (χ2n) is 4.17. The van der Waals surface area contributed by atoms with Gasteiger partial charge in [0, 0.05) is 31.1 Å². The van der Waals surface area contributed by atoms with Crippen molar-refractivity contribution in [1.82, 2.24) is 10.3 Å². The Kier molecular flexibility index (Phi) is 6.04.